The van der Waals surface area contributed by atoms with E-state index in [1.54, 1.807) is 16.7 Å². The van der Waals surface area contributed by atoms with Gasteiger partial charge < -0.3 is 10.6 Å². The molecule has 1 aromatic carbocycles. The number of nitrogens with zero attached hydrogens (tertiary/aromatic N) is 1. The second-order valence-corrected chi connectivity index (χ2v) is 7.09. The molecule has 0 saturated carbocycles. The molecule has 0 aliphatic heterocycles. The third kappa shape index (κ3) is 7.74. The van der Waals surface area contributed by atoms with E-state index in [4.69, 9.17) is 5.73 Å². The average Bonchev–Trinajstić information content (AvgIpc) is 2.38. The molecule has 0 spiro atoms. The number of rotatable bonds is 7. The Morgan fingerprint density at radius 1 is 1.38 bits per heavy atom. The molecule has 3 nitrogen and oxygen atoms in total. The number of halogens is 1. The average molecular weight is 331 g/mol. The number of thioether (sulfide) groups is 1. The Morgan fingerprint density at radius 2 is 2.05 bits per heavy atom. The lowest BCUT2D eigenvalue weighted by molar-refractivity contribution is -0.128. The van der Waals surface area contributed by atoms with Gasteiger partial charge in [-0.25, -0.2) is 0 Å². The van der Waals surface area contributed by atoms with Gasteiger partial charge in [0, 0.05) is 19.3 Å². The maximum absolute atomic E-state index is 12.1. The van der Waals surface area contributed by atoms with E-state index in [0.29, 0.717) is 18.8 Å². The molecule has 0 fully saturated rings. The largest absolute Gasteiger partial charge is 0.344 e. The van der Waals surface area contributed by atoms with E-state index in [9.17, 15) is 4.79 Å². The Balaban J connectivity index is 0.00000400. The van der Waals surface area contributed by atoms with Crippen LogP contribution in [0.5, 0.6) is 0 Å². The SMILES string of the molecule is Cc1cccc(CSCC(=O)N(C)CC(C)(C)CN)c1.Cl. The number of carbonyl (C=O) groups is 1. The molecule has 1 rings (SSSR count). The molecular weight excluding hydrogens is 304 g/mol. The van der Waals surface area contributed by atoms with Gasteiger partial charge in [-0.2, -0.15) is 0 Å². The fourth-order valence-corrected chi connectivity index (χ4v) is 2.88. The first-order chi connectivity index (χ1) is 9.34. The Hall–Kier alpha value is -0.710. The van der Waals surface area contributed by atoms with Crippen molar-refractivity contribution >= 4 is 30.1 Å². The van der Waals surface area contributed by atoms with Gasteiger partial charge in [0.15, 0.2) is 0 Å². The van der Waals surface area contributed by atoms with Gasteiger partial charge in [0.2, 0.25) is 5.91 Å². The molecule has 1 amide bonds. The number of aryl methyl sites for hydroxylation is 1. The van der Waals surface area contributed by atoms with Crippen molar-refractivity contribution in [2.45, 2.75) is 26.5 Å². The van der Waals surface area contributed by atoms with Crippen LogP contribution in [0.4, 0.5) is 0 Å². The summed E-state index contributed by atoms with van der Waals surface area (Å²) in [6.45, 7) is 7.53. The Kier molecular flexibility index (Phi) is 9.02. The van der Waals surface area contributed by atoms with Crippen LogP contribution in [0.15, 0.2) is 24.3 Å². The van der Waals surface area contributed by atoms with Gasteiger partial charge in [0.25, 0.3) is 0 Å². The highest BCUT2D eigenvalue weighted by Crippen LogP contribution is 2.17. The number of hydrogen-bond acceptors (Lipinski definition) is 3. The standard InChI is InChI=1S/C16H26N2OS.ClH/c1-13-6-5-7-14(8-13)9-20-10-15(19)18(4)12-16(2,3)11-17;/h5-8H,9-12,17H2,1-4H3;1H. The van der Waals surface area contributed by atoms with Crippen molar-refractivity contribution in [3.05, 3.63) is 35.4 Å². The molecule has 0 unspecified atom stereocenters. The van der Waals surface area contributed by atoms with Crippen molar-refractivity contribution in [3.8, 4) is 0 Å². The lowest BCUT2D eigenvalue weighted by Crippen LogP contribution is -2.40. The van der Waals surface area contributed by atoms with Crippen LogP contribution in [0.1, 0.15) is 25.0 Å². The molecule has 0 heterocycles. The second-order valence-electron chi connectivity index (χ2n) is 6.10. The molecule has 1 aromatic rings. The van der Waals surface area contributed by atoms with Crippen molar-refractivity contribution in [2.75, 3.05) is 25.9 Å². The molecule has 5 heteroatoms. The highest BCUT2D eigenvalue weighted by atomic mass is 35.5. The monoisotopic (exact) mass is 330 g/mol. The fourth-order valence-electron chi connectivity index (χ4n) is 1.96. The maximum atomic E-state index is 12.1. The van der Waals surface area contributed by atoms with Gasteiger partial charge in [-0.15, -0.1) is 24.2 Å². The van der Waals surface area contributed by atoms with Crippen LogP contribution >= 0.6 is 24.2 Å². The first-order valence-corrected chi connectivity index (χ1v) is 8.07. The number of nitrogens with two attached hydrogens (primary N) is 1. The first-order valence-electron chi connectivity index (χ1n) is 6.91. The summed E-state index contributed by atoms with van der Waals surface area (Å²) in [4.78, 5) is 13.8. The van der Waals surface area contributed by atoms with Crippen LogP contribution in [0.25, 0.3) is 0 Å². The van der Waals surface area contributed by atoms with E-state index in [1.165, 1.54) is 11.1 Å². The minimum absolute atomic E-state index is 0. The van der Waals surface area contributed by atoms with E-state index in [2.05, 4.69) is 45.0 Å². The zero-order chi connectivity index (χ0) is 15.2. The lowest BCUT2D eigenvalue weighted by atomic mass is 9.93. The van der Waals surface area contributed by atoms with Crippen LogP contribution in [0, 0.1) is 12.3 Å². The van der Waals surface area contributed by atoms with Gasteiger partial charge in [-0.1, -0.05) is 43.7 Å². The zero-order valence-corrected chi connectivity index (χ0v) is 15.0. The molecule has 0 aliphatic rings. The van der Waals surface area contributed by atoms with Crippen molar-refractivity contribution in [1.82, 2.24) is 4.90 Å². The Bertz CT molecular complexity index is 452. The summed E-state index contributed by atoms with van der Waals surface area (Å²) >= 11 is 1.66. The quantitative estimate of drug-likeness (QED) is 0.835. The van der Waals surface area contributed by atoms with Crippen molar-refractivity contribution in [1.29, 1.82) is 0 Å². The maximum Gasteiger partial charge on any atom is 0.232 e. The second kappa shape index (κ2) is 9.34. The van der Waals surface area contributed by atoms with Crippen LogP contribution in [-0.2, 0) is 10.5 Å². The van der Waals surface area contributed by atoms with E-state index < -0.39 is 0 Å². The van der Waals surface area contributed by atoms with Crippen molar-refractivity contribution < 1.29 is 4.79 Å². The molecule has 21 heavy (non-hydrogen) atoms. The van der Waals surface area contributed by atoms with E-state index in [0.717, 1.165) is 5.75 Å². The highest BCUT2D eigenvalue weighted by molar-refractivity contribution is 7.99. The summed E-state index contributed by atoms with van der Waals surface area (Å²) in [6, 6.07) is 8.41. The Labute approximate surface area is 139 Å². The highest BCUT2D eigenvalue weighted by Gasteiger charge is 2.20. The summed E-state index contributed by atoms with van der Waals surface area (Å²) in [6.07, 6.45) is 0. The third-order valence-electron chi connectivity index (χ3n) is 3.22. The molecule has 0 aliphatic carbocycles. The number of carbonyl (C=O) groups excluding carboxylic acids is 1. The van der Waals surface area contributed by atoms with E-state index >= 15 is 0 Å². The smallest absolute Gasteiger partial charge is 0.232 e. The van der Waals surface area contributed by atoms with E-state index in [1.807, 2.05) is 7.05 Å². The van der Waals surface area contributed by atoms with Crippen molar-refractivity contribution in [3.63, 3.8) is 0 Å². The van der Waals surface area contributed by atoms with Crippen LogP contribution in [-0.4, -0.2) is 36.7 Å². The molecule has 0 atom stereocenters. The summed E-state index contributed by atoms with van der Waals surface area (Å²) in [5.74, 6) is 1.57. The van der Waals surface area contributed by atoms with Crippen molar-refractivity contribution in [2.24, 2.45) is 11.1 Å². The molecule has 0 aromatic heterocycles. The summed E-state index contributed by atoms with van der Waals surface area (Å²) < 4.78 is 0. The fraction of sp³-hybridized carbons (Fsp3) is 0.562. The summed E-state index contributed by atoms with van der Waals surface area (Å²) in [5, 5.41) is 0. The van der Waals surface area contributed by atoms with Crippen LogP contribution < -0.4 is 5.73 Å². The normalized spacial score (nSPS) is 10.9. The minimum atomic E-state index is -0.0222. The van der Waals surface area contributed by atoms with Crippen LogP contribution in [0.2, 0.25) is 0 Å². The molecule has 0 bridgehead atoms. The zero-order valence-electron chi connectivity index (χ0n) is 13.4. The molecule has 0 saturated heterocycles. The number of benzene rings is 1. The minimum Gasteiger partial charge on any atom is -0.344 e. The van der Waals surface area contributed by atoms with Crippen LogP contribution in [0.3, 0.4) is 0 Å². The first kappa shape index (κ1) is 20.3. The number of hydrogen-bond donors (Lipinski definition) is 1. The van der Waals surface area contributed by atoms with Gasteiger partial charge in [0.1, 0.15) is 0 Å². The van der Waals surface area contributed by atoms with Gasteiger partial charge in [-0.05, 0) is 24.4 Å². The van der Waals surface area contributed by atoms with E-state index in [-0.39, 0.29) is 23.7 Å². The molecule has 2 N–H and O–H groups in total. The lowest BCUT2D eigenvalue weighted by Gasteiger charge is -2.29. The molecule has 120 valence electrons. The third-order valence-corrected chi connectivity index (χ3v) is 4.21. The van der Waals surface area contributed by atoms with Gasteiger partial charge in [-0.3, -0.25) is 4.79 Å². The van der Waals surface area contributed by atoms with Gasteiger partial charge >= 0.3 is 0 Å². The van der Waals surface area contributed by atoms with Gasteiger partial charge in [0.05, 0.1) is 5.75 Å². The molecule has 0 radical (unpaired) electrons. The topological polar surface area (TPSA) is 46.3 Å². The predicted molar refractivity (Wildman–Crippen MR) is 95.1 cm³/mol. The summed E-state index contributed by atoms with van der Waals surface area (Å²) in [7, 11) is 1.85. The Morgan fingerprint density at radius 3 is 2.62 bits per heavy atom. The predicted octanol–water partition coefficient (Wildman–Crippen LogP) is 3.09. The number of amides is 1. The molecular formula is C16H27ClN2OS. The summed E-state index contributed by atoms with van der Waals surface area (Å²) in [5.41, 5.74) is 8.21.